The lowest BCUT2D eigenvalue weighted by molar-refractivity contribution is 0.0822. The monoisotopic (exact) mass is 372 g/mol. The van der Waals surface area contributed by atoms with Gasteiger partial charge in [-0.15, -0.1) is 0 Å². The number of amides is 3. The number of carbonyl (C=O) groups is 2. The predicted octanol–water partition coefficient (Wildman–Crippen LogP) is 1.43. The van der Waals surface area contributed by atoms with Gasteiger partial charge >= 0.3 is 6.03 Å². The standard InChI is InChI=1S/C18H24N6O3/c1-13-10-15(21-27-13)12-23-6-8-24(9-7-23)18(26)20-14-4-5-19-16(11-14)17(25)22(2)3/h4-5,10-11H,6-9,12H2,1-3H3,(H,19,20,26). The molecule has 2 aromatic rings. The van der Waals surface area contributed by atoms with Crippen molar-refractivity contribution in [2.24, 2.45) is 0 Å². The first-order valence-corrected chi connectivity index (χ1v) is 8.80. The van der Waals surface area contributed by atoms with Crippen molar-refractivity contribution in [1.29, 1.82) is 0 Å². The van der Waals surface area contributed by atoms with Crippen molar-refractivity contribution < 1.29 is 14.1 Å². The maximum Gasteiger partial charge on any atom is 0.321 e. The molecule has 1 saturated heterocycles. The summed E-state index contributed by atoms with van der Waals surface area (Å²) in [6, 6.07) is 5.01. The number of rotatable bonds is 4. The minimum absolute atomic E-state index is 0.179. The molecule has 3 rings (SSSR count). The highest BCUT2D eigenvalue weighted by Crippen LogP contribution is 2.13. The Bertz CT molecular complexity index is 811. The molecule has 2 aromatic heterocycles. The van der Waals surface area contributed by atoms with Crippen LogP contribution in [-0.4, -0.2) is 77.1 Å². The van der Waals surface area contributed by atoms with Crippen LogP contribution in [0.3, 0.4) is 0 Å². The number of nitrogens with one attached hydrogen (secondary N) is 1. The highest BCUT2D eigenvalue weighted by atomic mass is 16.5. The van der Waals surface area contributed by atoms with E-state index in [1.165, 1.54) is 11.1 Å². The topological polar surface area (TPSA) is 94.8 Å². The van der Waals surface area contributed by atoms with Gasteiger partial charge in [-0.05, 0) is 19.1 Å². The van der Waals surface area contributed by atoms with E-state index < -0.39 is 0 Å². The second-order valence-corrected chi connectivity index (χ2v) is 6.75. The summed E-state index contributed by atoms with van der Waals surface area (Å²) in [4.78, 5) is 34.0. The van der Waals surface area contributed by atoms with Crippen molar-refractivity contribution in [3.63, 3.8) is 0 Å². The average Bonchev–Trinajstić information content (AvgIpc) is 3.06. The van der Waals surface area contributed by atoms with Gasteiger partial charge in [0.2, 0.25) is 0 Å². The van der Waals surface area contributed by atoms with Gasteiger partial charge in [0.1, 0.15) is 11.5 Å². The molecule has 0 spiro atoms. The third kappa shape index (κ3) is 4.82. The van der Waals surface area contributed by atoms with Crippen LogP contribution in [0.1, 0.15) is 21.9 Å². The fraction of sp³-hybridized carbons (Fsp3) is 0.444. The number of hydrogen-bond donors (Lipinski definition) is 1. The molecule has 9 nitrogen and oxygen atoms in total. The Morgan fingerprint density at radius 1 is 1.22 bits per heavy atom. The molecule has 9 heteroatoms. The number of hydrogen-bond acceptors (Lipinski definition) is 6. The van der Waals surface area contributed by atoms with Crippen LogP contribution in [0.25, 0.3) is 0 Å². The van der Waals surface area contributed by atoms with Gasteiger partial charge in [0.25, 0.3) is 5.91 Å². The highest BCUT2D eigenvalue weighted by Gasteiger charge is 2.22. The second kappa shape index (κ2) is 8.17. The van der Waals surface area contributed by atoms with Crippen LogP contribution in [0.15, 0.2) is 28.9 Å². The molecule has 0 saturated carbocycles. The summed E-state index contributed by atoms with van der Waals surface area (Å²) in [5.74, 6) is 0.593. The Labute approximate surface area is 157 Å². The maximum atomic E-state index is 12.5. The van der Waals surface area contributed by atoms with Gasteiger partial charge in [-0.1, -0.05) is 5.16 Å². The van der Waals surface area contributed by atoms with Crippen molar-refractivity contribution in [2.45, 2.75) is 13.5 Å². The number of pyridine rings is 1. The largest absolute Gasteiger partial charge is 0.361 e. The summed E-state index contributed by atoms with van der Waals surface area (Å²) < 4.78 is 5.09. The summed E-state index contributed by atoms with van der Waals surface area (Å²) in [6.45, 7) is 5.36. The number of nitrogens with zero attached hydrogens (tertiary/aromatic N) is 5. The van der Waals surface area contributed by atoms with Crippen LogP contribution in [-0.2, 0) is 6.54 Å². The number of anilines is 1. The summed E-state index contributed by atoms with van der Waals surface area (Å²) in [6.07, 6.45) is 1.52. The Kier molecular flexibility index (Phi) is 5.70. The zero-order chi connectivity index (χ0) is 19.4. The van der Waals surface area contributed by atoms with Gasteiger partial charge in [-0.3, -0.25) is 14.7 Å². The molecule has 144 valence electrons. The SMILES string of the molecule is Cc1cc(CN2CCN(C(=O)Nc3ccnc(C(=O)N(C)C)c3)CC2)no1. The lowest BCUT2D eigenvalue weighted by Crippen LogP contribution is -2.49. The molecular weight excluding hydrogens is 348 g/mol. The highest BCUT2D eigenvalue weighted by molar-refractivity contribution is 5.95. The van der Waals surface area contributed by atoms with Crippen molar-refractivity contribution in [1.82, 2.24) is 24.8 Å². The molecule has 0 radical (unpaired) electrons. The quantitative estimate of drug-likeness (QED) is 0.872. The first-order chi connectivity index (χ1) is 12.9. The lowest BCUT2D eigenvalue weighted by Gasteiger charge is -2.34. The van der Waals surface area contributed by atoms with Crippen molar-refractivity contribution in [3.05, 3.63) is 41.5 Å². The Hall–Kier alpha value is -2.94. The summed E-state index contributed by atoms with van der Waals surface area (Å²) in [5.41, 5.74) is 1.76. The number of aryl methyl sites for hydroxylation is 1. The molecule has 0 unspecified atom stereocenters. The average molecular weight is 372 g/mol. The summed E-state index contributed by atoms with van der Waals surface area (Å²) in [5, 5.41) is 6.85. The Morgan fingerprint density at radius 2 is 1.96 bits per heavy atom. The molecule has 27 heavy (non-hydrogen) atoms. The molecule has 3 heterocycles. The zero-order valence-electron chi connectivity index (χ0n) is 15.8. The first-order valence-electron chi connectivity index (χ1n) is 8.80. The van der Waals surface area contributed by atoms with E-state index in [4.69, 9.17) is 4.52 Å². The number of urea groups is 1. The zero-order valence-corrected chi connectivity index (χ0v) is 15.8. The van der Waals surface area contributed by atoms with Crippen LogP contribution < -0.4 is 5.32 Å². The van der Waals surface area contributed by atoms with Gasteiger partial charge in [0.05, 0.1) is 5.69 Å². The molecular formula is C18H24N6O3. The molecule has 0 bridgehead atoms. The van der Waals surface area contributed by atoms with E-state index in [0.717, 1.165) is 24.5 Å². The Morgan fingerprint density at radius 3 is 2.59 bits per heavy atom. The van der Waals surface area contributed by atoms with E-state index >= 15 is 0 Å². The number of aromatic nitrogens is 2. The third-order valence-electron chi connectivity index (χ3n) is 4.36. The molecule has 1 aliphatic rings. The smallest absolute Gasteiger partial charge is 0.321 e. The van der Waals surface area contributed by atoms with Gasteiger partial charge in [-0.25, -0.2) is 4.79 Å². The van der Waals surface area contributed by atoms with Crippen LogP contribution in [0, 0.1) is 6.92 Å². The van der Waals surface area contributed by atoms with Gasteiger partial charge in [0, 0.05) is 64.8 Å². The first kappa shape index (κ1) is 18.8. The molecule has 0 aliphatic carbocycles. The van der Waals surface area contributed by atoms with Crippen LogP contribution in [0.4, 0.5) is 10.5 Å². The minimum atomic E-state index is -0.206. The van der Waals surface area contributed by atoms with Gasteiger partial charge in [0.15, 0.2) is 0 Å². The number of piperazine rings is 1. The third-order valence-corrected chi connectivity index (χ3v) is 4.36. The van der Waals surface area contributed by atoms with E-state index in [1.807, 2.05) is 13.0 Å². The second-order valence-electron chi connectivity index (χ2n) is 6.75. The lowest BCUT2D eigenvalue weighted by atomic mass is 10.2. The van der Waals surface area contributed by atoms with Crippen molar-refractivity contribution in [2.75, 3.05) is 45.6 Å². The van der Waals surface area contributed by atoms with E-state index in [2.05, 4.69) is 20.4 Å². The minimum Gasteiger partial charge on any atom is -0.361 e. The van der Waals surface area contributed by atoms with Gasteiger partial charge in [-0.2, -0.15) is 0 Å². The molecule has 1 fully saturated rings. The summed E-state index contributed by atoms with van der Waals surface area (Å²) >= 11 is 0. The maximum absolute atomic E-state index is 12.5. The fourth-order valence-electron chi connectivity index (χ4n) is 2.89. The Balaban J connectivity index is 1.52. The van der Waals surface area contributed by atoms with E-state index in [0.29, 0.717) is 31.0 Å². The predicted molar refractivity (Wildman–Crippen MR) is 99.4 cm³/mol. The van der Waals surface area contributed by atoms with E-state index in [1.54, 1.807) is 31.1 Å². The number of carbonyl (C=O) groups excluding carboxylic acids is 2. The van der Waals surface area contributed by atoms with Crippen LogP contribution in [0.5, 0.6) is 0 Å². The van der Waals surface area contributed by atoms with Crippen molar-refractivity contribution in [3.8, 4) is 0 Å². The fourth-order valence-corrected chi connectivity index (χ4v) is 2.89. The van der Waals surface area contributed by atoms with Crippen molar-refractivity contribution >= 4 is 17.6 Å². The van der Waals surface area contributed by atoms with Gasteiger partial charge < -0.3 is 19.6 Å². The normalized spacial score (nSPS) is 14.9. The molecule has 1 N–H and O–H groups in total. The van der Waals surface area contributed by atoms with Crippen LogP contribution >= 0.6 is 0 Å². The summed E-state index contributed by atoms with van der Waals surface area (Å²) in [7, 11) is 3.32. The molecule has 1 aliphatic heterocycles. The molecule has 0 aromatic carbocycles. The van der Waals surface area contributed by atoms with E-state index in [9.17, 15) is 9.59 Å². The molecule has 3 amide bonds. The van der Waals surface area contributed by atoms with E-state index in [-0.39, 0.29) is 11.9 Å². The van der Waals surface area contributed by atoms with Crippen LogP contribution in [0.2, 0.25) is 0 Å². The molecule has 0 atom stereocenters.